The largest absolute Gasteiger partial charge is 0.273 e. The third-order valence-electron chi connectivity index (χ3n) is 1.99. The van der Waals surface area contributed by atoms with E-state index in [1.54, 1.807) is 0 Å². The van der Waals surface area contributed by atoms with Crippen LogP contribution in [-0.2, 0) is 4.79 Å². The maximum atomic E-state index is 11.4. The van der Waals surface area contributed by atoms with Gasteiger partial charge in [0.2, 0.25) is 5.91 Å². The Kier molecular flexibility index (Phi) is 8.60. The molecule has 1 N–H and O–H groups in total. The lowest BCUT2D eigenvalue weighted by atomic mass is 10.1. The predicted molar refractivity (Wildman–Crippen MR) is 83.2 cm³/mol. The normalized spacial score (nSPS) is 12.1. The zero-order chi connectivity index (χ0) is 13.3. The van der Waals surface area contributed by atoms with E-state index in [2.05, 4.69) is 36.7 Å². The standard InChI is InChI=1S/C12H24N2OS2/c1-6-16-17-12(4,5)9-7-8-11(15)14-13-10(2)3/h6,16H,7-9H2,1-5H3,(H,14,15). The van der Waals surface area contributed by atoms with Gasteiger partial charge in [-0.05, 0) is 47.5 Å². The zero-order valence-corrected chi connectivity index (χ0v) is 13.1. The first-order chi connectivity index (χ1) is 7.87. The average Bonchev–Trinajstić information content (AvgIpc) is 2.23. The number of thiol groups is 1. The van der Waals surface area contributed by atoms with Gasteiger partial charge in [-0.3, -0.25) is 4.79 Å². The summed E-state index contributed by atoms with van der Waals surface area (Å²) >= 11 is 0. The van der Waals surface area contributed by atoms with Crippen molar-refractivity contribution in [1.82, 2.24) is 5.43 Å². The number of amides is 1. The molecule has 0 aliphatic rings. The van der Waals surface area contributed by atoms with Crippen LogP contribution < -0.4 is 5.43 Å². The van der Waals surface area contributed by atoms with Gasteiger partial charge in [-0.2, -0.15) is 5.10 Å². The van der Waals surface area contributed by atoms with Crippen molar-refractivity contribution >= 4 is 38.2 Å². The molecule has 0 heterocycles. The summed E-state index contributed by atoms with van der Waals surface area (Å²) in [5.41, 5.74) is 3.41. The Morgan fingerprint density at radius 2 is 2.12 bits per heavy atom. The summed E-state index contributed by atoms with van der Waals surface area (Å²) in [6, 6.07) is 0. The lowest BCUT2D eigenvalue weighted by molar-refractivity contribution is -0.121. The number of hydrazone groups is 1. The summed E-state index contributed by atoms with van der Waals surface area (Å²) in [6.07, 6.45) is 2.50. The Hall–Kier alpha value is -0.290. The Balaban J connectivity index is 3.82. The number of nitrogens with zero attached hydrogens (tertiary/aromatic N) is 1. The topological polar surface area (TPSA) is 41.5 Å². The van der Waals surface area contributed by atoms with E-state index in [9.17, 15) is 4.79 Å². The van der Waals surface area contributed by atoms with Crippen molar-refractivity contribution in [3.63, 3.8) is 0 Å². The van der Waals surface area contributed by atoms with Gasteiger partial charge in [-0.15, -0.1) is 10.4 Å². The second-order valence-electron chi connectivity index (χ2n) is 4.66. The van der Waals surface area contributed by atoms with Crippen LogP contribution in [0.15, 0.2) is 5.10 Å². The van der Waals surface area contributed by atoms with Crippen molar-refractivity contribution in [1.29, 1.82) is 0 Å². The van der Waals surface area contributed by atoms with Gasteiger partial charge in [0.1, 0.15) is 0 Å². The van der Waals surface area contributed by atoms with Crippen molar-refractivity contribution in [2.45, 2.75) is 58.6 Å². The second kappa shape index (κ2) is 8.75. The summed E-state index contributed by atoms with van der Waals surface area (Å²) in [5, 5.41) is 6.03. The van der Waals surface area contributed by atoms with Crippen LogP contribution in [0.4, 0.5) is 0 Å². The molecular weight excluding hydrogens is 252 g/mol. The zero-order valence-electron chi connectivity index (χ0n) is 11.4. The highest BCUT2D eigenvalue weighted by atomic mass is 33.1. The molecule has 0 atom stereocenters. The molecule has 100 valence electrons. The minimum atomic E-state index is 0.00612. The number of hydrogen-bond acceptors (Lipinski definition) is 3. The first kappa shape index (κ1) is 16.7. The number of carbonyl (C=O) groups is 1. The number of rotatable bonds is 7. The van der Waals surface area contributed by atoms with Crippen LogP contribution in [0.25, 0.3) is 0 Å². The highest BCUT2D eigenvalue weighted by molar-refractivity contribution is 8.75. The fraction of sp³-hybridized carbons (Fsp3) is 0.750. The van der Waals surface area contributed by atoms with Crippen LogP contribution in [0, 0.1) is 0 Å². The van der Waals surface area contributed by atoms with Crippen LogP contribution >= 0.6 is 21.2 Å². The summed E-state index contributed by atoms with van der Waals surface area (Å²) in [4.78, 5) is 11.4. The second-order valence-corrected chi connectivity index (χ2v) is 7.86. The van der Waals surface area contributed by atoms with Gasteiger partial charge in [0.25, 0.3) is 0 Å². The molecule has 0 aliphatic heterocycles. The lowest BCUT2D eigenvalue weighted by Crippen LogP contribution is -2.20. The monoisotopic (exact) mass is 276 g/mol. The number of carbonyl (C=O) groups excluding carboxylic acids is 1. The molecule has 3 nitrogen and oxygen atoms in total. The molecule has 1 amide bonds. The molecule has 0 saturated heterocycles. The van der Waals surface area contributed by atoms with E-state index in [0.29, 0.717) is 6.42 Å². The summed E-state index contributed by atoms with van der Waals surface area (Å²) < 4.78 is 0.234. The minimum Gasteiger partial charge on any atom is -0.273 e. The molecule has 0 aromatic rings. The summed E-state index contributed by atoms with van der Waals surface area (Å²) in [5.74, 6) is 0.00612. The first-order valence-corrected chi connectivity index (χ1v) is 8.22. The SMILES string of the molecule is CC=[SH]SC(C)(C)CCCC(=O)NN=C(C)C. The van der Waals surface area contributed by atoms with Crippen molar-refractivity contribution in [2.24, 2.45) is 5.10 Å². The molecule has 0 fully saturated rings. The van der Waals surface area contributed by atoms with E-state index >= 15 is 0 Å². The molecule has 0 aliphatic carbocycles. The molecule has 0 rings (SSSR count). The quantitative estimate of drug-likeness (QED) is 0.246. The van der Waals surface area contributed by atoms with Gasteiger partial charge < -0.3 is 0 Å². The predicted octanol–water partition coefficient (Wildman–Crippen LogP) is 3.38. The molecular formula is C12H24N2OS2. The average molecular weight is 276 g/mol. The first-order valence-electron chi connectivity index (χ1n) is 5.83. The van der Waals surface area contributed by atoms with Gasteiger partial charge >= 0.3 is 0 Å². The Labute approximate surface area is 112 Å². The van der Waals surface area contributed by atoms with Gasteiger partial charge in [-0.1, -0.05) is 16.2 Å². The van der Waals surface area contributed by atoms with E-state index in [1.165, 1.54) is 10.4 Å². The number of hydrogen-bond donors (Lipinski definition) is 2. The smallest absolute Gasteiger partial charge is 0.240 e. The molecule has 0 unspecified atom stereocenters. The summed E-state index contributed by atoms with van der Waals surface area (Å²) in [7, 11) is 3.20. The molecule has 0 aromatic carbocycles. The maximum absolute atomic E-state index is 11.4. The van der Waals surface area contributed by atoms with Gasteiger partial charge in [-0.25, -0.2) is 5.43 Å². The van der Waals surface area contributed by atoms with Crippen molar-refractivity contribution in [2.75, 3.05) is 0 Å². The van der Waals surface area contributed by atoms with Crippen LogP contribution in [0.5, 0.6) is 0 Å². The molecule has 0 radical (unpaired) electrons. The van der Waals surface area contributed by atoms with E-state index in [-0.39, 0.29) is 10.7 Å². The van der Waals surface area contributed by atoms with Gasteiger partial charge in [0, 0.05) is 16.9 Å². The van der Waals surface area contributed by atoms with E-state index < -0.39 is 0 Å². The highest BCUT2D eigenvalue weighted by Gasteiger charge is 2.17. The van der Waals surface area contributed by atoms with E-state index in [1.807, 2.05) is 24.6 Å². The van der Waals surface area contributed by atoms with Crippen molar-refractivity contribution in [3.8, 4) is 0 Å². The van der Waals surface area contributed by atoms with E-state index in [4.69, 9.17) is 0 Å². The Morgan fingerprint density at radius 3 is 2.65 bits per heavy atom. The summed E-state index contributed by atoms with van der Waals surface area (Å²) in [6.45, 7) is 10.2. The molecule has 0 saturated carbocycles. The molecule has 17 heavy (non-hydrogen) atoms. The van der Waals surface area contributed by atoms with Crippen LogP contribution in [0.3, 0.4) is 0 Å². The number of nitrogens with one attached hydrogen (secondary N) is 1. The lowest BCUT2D eigenvalue weighted by Gasteiger charge is -2.21. The van der Waals surface area contributed by atoms with Crippen molar-refractivity contribution in [3.05, 3.63) is 0 Å². The van der Waals surface area contributed by atoms with Crippen LogP contribution in [0.1, 0.15) is 53.9 Å². The third-order valence-corrected chi connectivity index (χ3v) is 5.44. The third kappa shape index (κ3) is 10.6. The molecule has 0 spiro atoms. The molecule has 0 aromatic heterocycles. The minimum absolute atomic E-state index is 0.00612. The Bertz CT molecular complexity index is 295. The van der Waals surface area contributed by atoms with Gasteiger partial charge in [0.15, 0.2) is 0 Å². The van der Waals surface area contributed by atoms with Crippen LogP contribution in [-0.4, -0.2) is 21.7 Å². The van der Waals surface area contributed by atoms with Gasteiger partial charge in [0.05, 0.1) is 0 Å². The van der Waals surface area contributed by atoms with E-state index in [0.717, 1.165) is 18.6 Å². The fourth-order valence-corrected chi connectivity index (χ4v) is 3.22. The highest BCUT2D eigenvalue weighted by Crippen LogP contribution is 2.34. The fourth-order valence-electron chi connectivity index (χ4n) is 1.15. The molecule has 5 heteroatoms. The maximum Gasteiger partial charge on any atom is 0.240 e. The Morgan fingerprint density at radius 1 is 1.47 bits per heavy atom. The molecule has 0 bridgehead atoms. The van der Waals surface area contributed by atoms with Crippen molar-refractivity contribution < 1.29 is 4.79 Å². The van der Waals surface area contributed by atoms with Crippen LogP contribution in [0.2, 0.25) is 0 Å².